The molecule has 2 aliphatic carbocycles. The van der Waals surface area contributed by atoms with Crippen molar-refractivity contribution in [3.8, 4) is 11.1 Å². The van der Waals surface area contributed by atoms with E-state index >= 15 is 0 Å². The average Bonchev–Trinajstić information content (AvgIpc) is 3.40. The molecule has 0 saturated heterocycles. The van der Waals surface area contributed by atoms with E-state index in [9.17, 15) is 0 Å². The number of anilines is 2. The molecular weight excluding hydrogens is 603 g/mol. The van der Waals surface area contributed by atoms with E-state index in [1.165, 1.54) is 66.5 Å². The lowest BCUT2D eigenvalue weighted by atomic mass is 9.79. The molecule has 1 heteroatoms. The van der Waals surface area contributed by atoms with E-state index in [-0.39, 0.29) is 5.41 Å². The summed E-state index contributed by atoms with van der Waals surface area (Å²) in [6.45, 7) is 8.64. The van der Waals surface area contributed by atoms with Crippen molar-refractivity contribution in [3.63, 3.8) is 0 Å². The molecule has 244 valence electrons. The van der Waals surface area contributed by atoms with E-state index in [0.717, 1.165) is 12.8 Å². The lowest BCUT2D eigenvalue weighted by molar-refractivity contribution is 0.648. The summed E-state index contributed by atoms with van der Waals surface area (Å²) in [7, 11) is 0. The molecule has 0 atom stereocenters. The molecule has 6 aromatic rings. The van der Waals surface area contributed by atoms with Gasteiger partial charge in [0, 0.05) is 22.5 Å². The second kappa shape index (κ2) is 14.7. The fraction of sp³-hybridized carbons (Fsp3) is 0.102. The van der Waals surface area contributed by atoms with Crippen LogP contribution in [0, 0.1) is 0 Å². The van der Waals surface area contributed by atoms with Gasteiger partial charge in [-0.3, -0.25) is 0 Å². The molecule has 0 unspecified atom stereocenters. The number of allylic oxidation sites excluding steroid dienone is 5. The van der Waals surface area contributed by atoms with Crippen molar-refractivity contribution in [1.29, 1.82) is 0 Å². The Bertz CT molecular complexity index is 2240. The quantitative estimate of drug-likeness (QED) is 0.174. The van der Waals surface area contributed by atoms with Crippen LogP contribution < -0.4 is 15.3 Å². The highest BCUT2D eigenvalue weighted by Gasteiger charge is 2.38. The summed E-state index contributed by atoms with van der Waals surface area (Å²) in [6, 6.07) is 58.0. The van der Waals surface area contributed by atoms with E-state index in [4.69, 9.17) is 0 Å². The number of hydrogen-bond acceptors (Lipinski definition) is 1. The van der Waals surface area contributed by atoms with Crippen molar-refractivity contribution in [2.75, 3.05) is 4.90 Å². The molecule has 0 N–H and O–H groups in total. The molecule has 2 aliphatic rings. The van der Waals surface area contributed by atoms with Crippen LogP contribution in [-0.2, 0) is 5.41 Å². The Hall–Kier alpha value is -5.92. The van der Waals surface area contributed by atoms with Crippen LogP contribution in [0.2, 0.25) is 0 Å². The fourth-order valence-electron chi connectivity index (χ4n) is 7.28. The van der Waals surface area contributed by atoms with Crippen LogP contribution in [0.5, 0.6) is 0 Å². The van der Waals surface area contributed by atoms with Gasteiger partial charge in [0.1, 0.15) is 0 Å². The van der Waals surface area contributed by atoms with E-state index in [1.54, 1.807) is 0 Å². The second-order valence-electron chi connectivity index (χ2n) is 13.4. The predicted molar refractivity (Wildman–Crippen MR) is 215 cm³/mol. The third-order valence-corrected chi connectivity index (χ3v) is 9.82. The van der Waals surface area contributed by atoms with Crippen molar-refractivity contribution in [3.05, 3.63) is 221 Å². The van der Waals surface area contributed by atoms with E-state index in [2.05, 4.69) is 171 Å². The molecule has 0 aromatic heterocycles. The normalized spacial score (nSPS) is 15.0. The zero-order valence-electron chi connectivity index (χ0n) is 29.0. The molecule has 6 aromatic carbocycles. The van der Waals surface area contributed by atoms with Gasteiger partial charge < -0.3 is 4.90 Å². The third kappa shape index (κ3) is 6.81. The summed E-state index contributed by atoms with van der Waals surface area (Å²) in [5, 5.41) is 2.36. The Morgan fingerprint density at radius 1 is 0.560 bits per heavy atom. The van der Waals surface area contributed by atoms with Crippen LogP contribution in [0.25, 0.3) is 28.9 Å². The molecule has 0 heterocycles. The van der Waals surface area contributed by atoms with E-state index < -0.39 is 0 Å². The molecule has 0 saturated carbocycles. The summed E-state index contributed by atoms with van der Waals surface area (Å²) < 4.78 is 0. The maximum Gasteiger partial charge on any atom is 0.0458 e. The van der Waals surface area contributed by atoms with Gasteiger partial charge >= 0.3 is 0 Å². The molecule has 0 amide bonds. The van der Waals surface area contributed by atoms with Crippen molar-refractivity contribution in [2.45, 2.75) is 32.1 Å². The molecule has 0 bridgehead atoms. The first-order chi connectivity index (χ1) is 24.5. The van der Waals surface area contributed by atoms with Crippen molar-refractivity contribution in [2.24, 2.45) is 0 Å². The molecule has 0 fully saturated rings. The Kier molecular flexibility index (Phi) is 9.58. The molecule has 1 nitrogen and oxygen atoms in total. The Balaban J connectivity index is 0.000000593. The van der Waals surface area contributed by atoms with E-state index in [1.807, 2.05) is 42.5 Å². The maximum absolute atomic E-state index is 3.89. The lowest BCUT2D eigenvalue weighted by Gasteiger charge is -2.32. The van der Waals surface area contributed by atoms with Gasteiger partial charge in [0.05, 0.1) is 0 Å². The molecule has 0 radical (unpaired) electrons. The lowest BCUT2D eigenvalue weighted by Crippen LogP contribution is -2.23. The number of nitrogens with zero attached hydrogens (tertiary/aromatic N) is 1. The van der Waals surface area contributed by atoms with Crippen LogP contribution in [0.3, 0.4) is 0 Å². The Morgan fingerprint density at radius 2 is 1.10 bits per heavy atom. The van der Waals surface area contributed by atoms with Crippen LogP contribution in [0.1, 0.15) is 43.4 Å². The molecule has 0 spiro atoms. The van der Waals surface area contributed by atoms with Gasteiger partial charge in [-0.15, -0.1) is 0 Å². The topological polar surface area (TPSA) is 3.24 Å². The number of rotatable bonds is 6. The van der Waals surface area contributed by atoms with Gasteiger partial charge in [0.25, 0.3) is 0 Å². The highest BCUT2D eigenvalue weighted by Crippen LogP contribution is 2.52. The second-order valence-corrected chi connectivity index (χ2v) is 13.4. The van der Waals surface area contributed by atoms with Crippen LogP contribution >= 0.6 is 0 Å². The minimum Gasteiger partial charge on any atom is -0.314 e. The molecule has 50 heavy (non-hydrogen) atoms. The number of hydrogen-bond donors (Lipinski definition) is 0. The fourth-order valence-corrected chi connectivity index (χ4v) is 7.28. The standard InChI is InChI=1S/C43H37N.C6H6/c1-4-12-32-15-8-9-16-35(32)29-31-19-23-36(24-20-31)44(37-25-21-34(22-26-37)33-13-6-5-7-14-33)38-27-28-40-39-17-10-11-18-41(39)43(2,3)42(40)30-38;1-2-4-6-5-3-1/h4-26,29-30H,1,27-28H2,2-3H3;1-6H/b32-12-,35-29+;. The third-order valence-electron chi connectivity index (χ3n) is 9.82. The summed E-state index contributed by atoms with van der Waals surface area (Å²) >= 11 is 0. The average molecular weight is 646 g/mol. The number of benzene rings is 6. The van der Waals surface area contributed by atoms with E-state index in [0.29, 0.717) is 0 Å². The first-order valence-electron chi connectivity index (χ1n) is 17.5. The van der Waals surface area contributed by atoms with Gasteiger partial charge in [0.2, 0.25) is 0 Å². The van der Waals surface area contributed by atoms with Gasteiger partial charge in [0.15, 0.2) is 0 Å². The Labute approximate surface area is 297 Å². The summed E-state index contributed by atoms with van der Waals surface area (Å²) in [5.74, 6) is 0. The van der Waals surface area contributed by atoms with Gasteiger partial charge in [-0.2, -0.15) is 0 Å². The van der Waals surface area contributed by atoms with Crippen molar-refractivity contribution >= 4 is 29.1 Å². The maximum atomic E-state index is 3.89. The van der Waals surface area contributed by atoms with Crippen LogP contribution in [0.4, 0.5) is 11.4 Å². The highest BCUT2D eigenvalue weighted by atomic mass is 15.1. The zero-order chi connectivity index (χ0) is 34.3. The smallest absolute Gasteiger partial charge is 0.0458 e. The van der Waals surface area contributed by atoms with Gasteiger partial charge in [-0.1, -0.05) is 172 Å². The van der Waals surface area contributed by atoms with Gasteiger partial charge in [-0.25, -0.2) is 0 Å². The number of fused-ring (bicyclic) bond motifs is 2. The SMILES string of the molecule is C=C/C=c1/cccc/c1=C\c1ccc(N(C2=CC3=C(CC2)c2ccccc2C3(C)C)c2ccc(-c3ccccc3)cc2)cc1.c1ccccc1. The predicted octanol–water partition coefficient (Wildman–Crippen LogP) is 11.4. The Morgan fingerprint density at radius 3 is 1.76 bits per heavy atom. The summed E-state index contributed by atoms with van der Waals surface area (Å²) in [5.41, 5.74) is 13.1. The highest BCUT2D eigenvalue weighted by molar-refractivity contribution is 5.85. The minimum absolute atomic E-state index is 0.0188. The van der Waals surface area contributed by atoms with Crippen molar-refractivity contribution < 1.29 is 0 Å². The summed E-state index contributed by atoms with van der Waals surface area (Å²) in [6.07, 6.45) is 10.7. The zero-order valence-corrected chi connectivity index (χ0v) is 29.0. The molecular formula is C49H43N. The minimum atomic E-state index is -0.0188. The first kappa shape index (κ1) is 32.6. The molecule has 8 rings (SSSR count). The monoisotopic (exact) mass is 645 g/mol. The molecule has 0 aliphatic heterocycles. The summed E-state index contributed by atoms with van der Waals surface area (Å²) in [4.78, 5) is 2.46. The first-order valence-corrected chi connectivity index (χ1v) is 17.5. The van der Waals surface area contributed by atoms with Crippen LogP contribution in [0.15, 0.2) is 194 Å². The van der Waals surface area contributed by atoms with Crippen molar-refractivity contribution in [1.82, 2.24) is 0 Å². The largest absolute Gasteiger partial charge is 0.314 e. The van der Waals surface area contributed by atoms with Gasteiger partial charge in [-0.05, 0) is 98.7 Å². The van der Waals surface area contributed by atoms with Crippen LogP contribution in [-0.4, -0.2) is 0 Å².